The summed E-state index contributed by atoms with van der Waals surface area (Å²) in [5, 5.41) is 5.58. The molecule has 1 amide bonds. The van der Waals surface area contributed by atoms with Gasteiger partial charge in [0.25, 0.3) is 0 Å². The summed E-state index contributed by atoms with van der Waals surface area (Å²) in [6, 6.07) is 8.26. The Morgan fingerprint density at radius 1 is 1.14 bits per heavy atom. The molecule has 0 atom stereocenters. The average molecular weight is 316 g/mol. The zero-order chi connectivity index (χ0) is 15.8. The molecule has 0 spiro atoms. The first-order valence-electron chi connectivity index (χ1n) is 8.01. The molecule has 1 heterocycles. The third-order valence-electron chi connectivity index (χ3n) is 3.61. The second-order valence-corrected chi connectivity index (χ2v) is 6.47. The van der Waals surface area contributed by atoms with Gasteiger partial charge >= 0.3 is 0 Å². The molecule has 0 aliphatic heterocycles. The molecule has 22 heavy (non-hydrogen) atoms. The Morgan fingerprint density at radius 3 is 2.59 bits per heavy atom. The molecule has 0 fully saturated rings. The third-order valence-corrected chi connectivity index (χ3v) is 4.36. The number of aryl methyl sites for hydroxylation is 1. The number of unbranched alkanes of at least 4 members (excludes halogenated alkanes) is 4. The van der Waals surface area contributed by atoms with Crippen LogP contribution in [0.4, 0.5) is 5.13 Å². The zero-order valence-electron chi connectivity index (χ0n) is 13.4. The average Bonchev–Trinajstić information content (AvgIpc) is 2.96. The van der Waals surface area contributed by atoms with Crippen LogP contribution < -0.4 is 5.32 Å². The van der Waals surface area contributed by atoms with E-state index in [0.717, 1.165) is 24.1 Å². The number of thiazole rings is 1. The molecule has 0 saturated heterocycles. The van der Waals surface area contributed by atoms with E-state index >= 15 is 0 Å². The van der Waals surface area contributed by atoms with E-state index < -0.39 is 0 Å². The van der Waals surface area contributed by atoms with Crippen molar-refractivity contribution >= 4 is 22.4 Å². The highest BCUT2D eigenvalue weighted by Gasteiger charge is 2.07. The van der Waals surface area contributed by atoms with Crippen molar-refractivity contribution in [2.75, 3.05) is 5.32 Å². The summed E-state index contributed by atoms with van der Waals surface area (Å²) in [5.74, 6) is 0.0707. The van der Waals surface area contributed by atoms with Crippen LogP contribution in [0.2, 0.25) is 0 Å². The molecule has 2 rings (SSSR count). The number of carbonyl (C=O) groups is 1. The van der Waals surface area contributed by atoms with Crippen molar-refractivity contribution in [1.29, 1.82) is 0 Å². The molecule has 0 aliphatic rings. The number of rotatable bonds is 8. The maximum atomic E-state index is 11.9. The molecule has 3 nitrogen and oxygen atoms in total. The maximum absolute atomic E-state index is 11.9. The summed E-state index contributed by atoms with van der Waals surface area (Å²) < 4.78 is 0. The Kier molecular flexibility index (Phi) is 6.59. The number of nitrogens with one attached hydrogen (secondary N) is 1. The quantitative estimate of drug-likeness (QED) is 0.661. The van der Waals surface area contributed by atoms with Crippen LogP contribution in [-0.4, -0.2) is 10.9 Å². The van der Waals surface area contributed by atoms with Gasteiger partial charge in [-0.05, 0) is 13.3 Å². The molecule has 118 valence electrons. The Morgan fingerprint density at radius 2 is 1.86 bits per heavy atom. The highest BCUT2D eigenvalue weighted by molar-refractivity contribution is 7.14. The van der Waals surface area contributed by atoms with E-state index in [-0.39, 0.29) is 5.91 Å². The lowest BCUT2D eigenvalue weighted by Gasteiger charge is -2.02. The van der Waals surface area contributed by atoms with Crippen LogP contribution >= 0.6 is 11.3 Å². The molecule has 1 N–H and O–H groups in total. The molecule has 1 aromatic heterocycles. The predicted octanol–water partition coefficient (Wildman–Crippen LogP) is 5.42. The van der Waals surface area contributed by atoms with Gasteiger partial charge < -0.3 is 5.32 Å². The normalized spacial score (nSPS) is 10.6. The fourth-order valence-corrected chi connectivity index (χ4v) is 2.99. The number of hydrogen-bond acceptors (Lipinski definition) is 3. The second-order valence-electron chi connectivity index (χ2n) is 5.62. The van der Waals surface area contributed by atoms with E-state index in [1.165, 1.54) is 36.2 Å². The van der Waals surface area contributed by atoms with Crippen molar-refractivity contribution in [3.8, 4) is 11.3 Å². The number of amides is 1. The van der Waals surface area contributed by atoms with Crippen LogP contribution in [0.1, 0.15) is 51.0 Å². The summed E-state index contributed by atoms with van der Waals surface area (Å²) in [6.07, 6.45) is 6.39. The fraction of sp³-hybridized carbons (Fsp3) is 0.444. The van der Waals surface area contributed by atoms with Gasteiger partial charge in [0.2, 0.25) is 5.91 Å². The number of hydrogen-bond donors (Lipinski definition) is 1. The highest BCUT2D eigenvalue weighted by atomic mass is 32.1. The molecular formula is C18H24N2OS. The molecule has 0 aliphatic carbocycles. The number of aromatic nitrogens is 1. The maximum Gasteiger partial charge on any atom is 0.226 e. The predicted molar refractivity (Wildman–Crippen MR) is 94.3 cm³/mol. The molecule has 0 bridgehead atoms. The monoisotopic (exact) mass is 316 g/mol. The largest absolute Gasteiger partial charge is 0.302 e. The van der Waals surface area contributed by atoms with Gasteiger partial charge in [0, 0.05) is 17.4 Å². The van der Waals surface area contributed by atoms with E-state index in [2.05, 4.69) is 48.4 Å². The van der Waals surface area contributed by atoms with Crippen molar-refractivity contribution in [2.45, 2.75) is 52.4 Å². The first-order chi connectivity index (χ1) is 10.7. The van der Waals surface area contributed by atoms with E-state index in [9.17, 15) is 4.79 Å². The van der Waals surface area contributed by atoms with E-state index in [1.807, 2.05) is 5.38 Å². The number of benzene rings is 1. The second kappa shape index (κ2) is 8.69. The topological polar surface area (TPSA) is 42.0 Å². The van der Waals surface area contributed by atoms with Gasteiger partial charge in [-0.2, -0.15) is 0 Å². The van der Waals surface area contributed by atoms with Crippen molar-refractivity contribution in [2.24, 2.45) is 0 Å². The van der Waals surface area contributed by atoms with Crippen molar-refractivity contribution in [1.82, 2.24) is 4.98 Å². The van der Waals surface area contributed by atoms with Gasteiger partial charge in [-0.15, -0.1) is 11.3 Å². The van der Waals surface area contributed by atoms with Crippen LogP contribution in [0.15, 0.2) is 29.6 Å². The molecular weight excluding hydrogens is 292 g/mol. The van der Waals surface area contributed by atoms with Crippen molar-refractivity contribution in [3.05, 3.63) is 35.2 Å². The first-order valence-corrected chi connectivity index (χ1v) is 8.89. The van der Waals surface area contributed by atoms with Gasteiger partial charge in [0.15, 0.2) is 5.13 Å². The van der Waals surface area contributed by atoms with Crippen LogP contribution in [0.3, 0.4) is 0 Å². The van der Waals surface area contributed by atoms with Crippen LogP contribution in [0.25, 0.3) is 11.3 Å². The Labute approximate surface area is 136 Å². The van der Waals surface area contributed by atoms with E-state index in [0.29, 0.717) is 11.6 Å². The van der Waals surface area contributed by atoms with Gasteiger partial charge in [0.1, 0.15) is 0 Å². The Balaban J connectivity index is 1.81. The molecule has 4 heteroatoms. The van der Waals surface area contributed by atoms with Gasteiger partial charge in [0.05, 0.1) is 5.69 Å². The third kappa shape index (κ3) is 5.26. The van der Waals surface area contributed by atoms with Crippen molar-refractivity contribution < 1.29 is 4.79 Å². The standard InChI is InChI=1S/C18H24N2OS/c1-3-4-5-6-7-8-17(21)20-18-19-16(13-22-18)15-11-9-14(2)10-12-15/h9-13H,3-8H2,1-2H3,(H,19,20,21). The molecule has 2 aromatic rings. The van der Waals surface area contributed by atoms with Gasteiger partial charge in [-0.1, -0.05) is 62.4 Å². The number of anilines is 1. The minimum Gasteiger partial charge on any atom is -0.302 e. The van der Waals surface area contributed by atoms with Gasteiger partial charge in [-0.3, -0.25) is 4.79 Å². The number of carbonyl (C=O) groups excluding carboxylic acids is 1. The smallest absolute Gasteiger partial charge is 0.226 e. The molecule has 0 radical (unpaired) electrons. The van der Waals surface area contributed by atoms with Crippen LogP contribution in [0, 0.1) is 6.92 Å². The number of nitrogens with zero attached hydrogens (tertiary/aromatic N) is 1. The van der Waals surface area contributed by atoms with Crippen molar-refractivity contribution in [3.63, 3.8) is 0 Å². The summed E-state index contributed by atoms with van der Waals surface area (Å²) in [6.45, 7) is 4.26. The highest BCUT2D eigenvalue weighted by Crippen LogP contribution is 2.25. The molecule has 0 saturated carbocycles. The van der Waals surface area contributed by atoms with Crippen LogP contribution in [-0.2, 0) is 4.79 Å². The van der Waals surface area contributed by atoms with Crippen LogP contribution in [0.5, 0.6) is 0 Å². The summed E-state index contributed by atoms with van der Waals surface area (Å²) in [7, 11) is 0. The summed E-state index contributed by atoms with van der Waals surface area (Å²) in [5.41, 5.74) is 3.24. The first kappa shape index (κ1) is 16.7. The van der Waals surface area contributed by atoms with Gasteiger partial charge in [-0.25, -0.2) is 4.98 Å². The lowest BCUT2D eigenvalue weighted by atomic mass is 10.1. The fourth-order valence-electron chi connectivity index (χ4n) is 2.26. The summed E-state index contributed by atoms with van der Waals surface area (Å²) >= 11 is 1.48. The Bertz CT molecular complexity index is 589. The lowest BCUT2D eigenvalue weighted by molar-refractivity contribution is -0.116. The minimum absolute atomic E-state index is 0.0707. The zero-order valence-corrected chi connectivity index (χ0v) is 14.2. The summed E-state index contributed by atoms with van der Waals surface area (Å²) in [4.78, 5) is 16.4. The van der Waals surface area contributed by atoms with E-state index in [1.54, 1.807) is 0 Å². The SMILES string of the molecule is CCCCCCCC(=O)Nc1nc(-c2ccc(C)cc2)cs1. The van der Waals surface area contributed by atoms with E-state index in [4.69, 9.17) is 0 Å². The Hall–Kier alpha value is -1.68. The molecule has 1 aromatic carbocycles. The lowest BCUT2D eigenvalue weighted by Crippen LogP contribution is -2.10. The molecule has 0 unspecified atom stereocenters. The minimum atomic E-state index is 0.0707.